The first-order valence-electron chi connectivity index (χ1n) is 5.83. The number of hydrogen-bond acceptors (Lipinski definition) is 4. The normalized spacial score (nSPS) is 24.6. The van der Waals surface area contributed by atoms with Crippen LogP contribution < -0.4 is 16.6 Å². The van der Waals surface area contributed by atoms with Gasteiger partial charge in [0.2, 0.25) is 0 Å². The highest BCUT2D eigenvalue weighted by atomic mass is 35.5. The molecule has 0 amide bonds. The van der Waals surface area contributed by atoms with E-state index in [-0.39, 0.29) is 22.7 Å². The summed E-state index contributed by atoms with van der Waals surface area (Å²) in [5, 5.41) is 7.36. The quantitative estimate of drug-likeness (QED) is 0.832. The lowest BCUT2D eigenvalue weighted by Gasteiger charge is -2.30. The molecule has 0 aliphatic heterocycles. The van der Waals surface area contributed by atoms with Gasteiger partial charge in [-0.3, -0.25) is 4.79 Å². The van der Waals surface area contributed by atoms with Crippen molar-refractivity contribution in [1.29, 1.82) is 0 Å². The van der Waals surface area contributed by atoms with E-state index in [4.69, 9.17) is 17.3 Å². The monoisotopic (exact) mass is 256 g/mol. The Hall–Kier alpha value is -1.07. The van der Waals surface area contributed by atoms with E-state index < -0.39 is 0 Å². The molecule has 2 atom stereocenters. The highest BCUT2D eigenvalue weighted by Gasteiger charge is 2.22. The first kappa shape index (κ1) is 12.4. The summed E-state index contributed by atoms with van der Waals surface area (Å²) in [4.78, 5) is 11.6. The number of hydrogen-bond donors (Lipinski definition) is 2. The Kier molecular flexibility index (Phi) is 3.69. The summed E-state index contributed by atoms with van der Waals surface area (Å²) in [6.07, 6.45) is 5.91. The molecular weight excluding hydrogens is 240 g/mol. The first-order valence-corrected chi connectivity index (χ1v) is 6.21. The zero-order valence-electron chi connectivity index (χ0n) is 9.82. The van der Waals surface area contributed by atoms with Gasteiger partial charge in [0, 0.05) is 19.1 Å². The molecule has 2 rings (SSSR count). The zero-order chi connectivity index (χ0) is 12.4. The van der Waals surface area contributed by atoms with Crippen LogP contribution in [0.25, 0.3) is 0 Å². The molecule has 1 aliphatic carbocycles. The predicted molar refractivity (Wildman–Crippen MR) is 68.3 cm³/mol. The van der Waals surface area contributed by atoms with Crippen molar-refractivity contribution in [1.82, 2.24) is 9.78 Å². The van der Waals surface area contributed by atoms with Crippen molar-refractivity contribution in [3.05, 3.63) is 21.6 Å². The Balaban J connectivity index is 2.18. The van der Waals surface area contributed by atoms with Crippen molar-refractivity contribution < 1.29 is 0 Å². The molecule has 17 heavy (non-hydrogen) atoms. The number of nitrogens with one attached hydrogen (secondary N) is 1. The van der Waals surface area contributed by atoms with E-state index in [1.54, 1.807) is 13.2 Å². The van der Waals surface area contributed by atoms with Crippen LogP contribution >= 0.6 is 11.6 Å². The number of nitrogens with two attached hydrogens (primary N) is 1. The maximum Gasteiger partial charge on any atom is 0.287 e. The highest BCUT2D eigenvalue weighted by Crippen LogP contribution is 2.23. The van der Waals surface area contributed by atoms with Gasteiger partial charge in [0.1, 0.15) is 5.02 Å². The molecular formula is C11H17ClN4O. The van der Waals surface area contributed by atoms with E-state index in [0.717, 1.165) is 19.3 Å². The lowest BCUT2D eigenvalue weighted by molar-refractivity contribution is 0.404. The van der Waals surface area contributed by atoms with Gasteiger partial charge >= 0.3 is 0 Å². The second-order valence-electron chi connectivity index (χ2n) is 4.50. The molecule has 1 aliphatic rings. The smallest absolute Gasteiger partial charge is 0.287 e. The molecule has 0 saturated heterocycles. The summed E-state index contributed by atoms with van der Waals surface area (Å²) in [5.41, 5.74) is 6.33. The molecule has 94 valence electrons. The second-order valence-corrected chi connectivity index (χ2v) is 4.88. The fourth-order valence-electron chi connectivity index (χ4n) is 2.15. The molecule has 0 spiro atoms. The standard InChI is InChI=1S/C11H17ClN4O/c1-16-11(17)10(12)9(6-14-16)15-8-5-3-2-4-7(8)13/h6-8,15H,2-5,13H2,1H3. The van der Waals surface area contributed by atoms with Crippen molar-refractivity contribution in [3.63, 3.8) is 0 Å². The summed E-state index contributed by atoms with van der Waals surface area (Å²) >= 11 is 5.99. The molecule has 0 aromatic carbocycles. The van der Waals surface area contributed by atoms with Crippen LogP contribution in [-0.2, 0) is 7.05 Å². The van der Waals surface area contributed by atoms with Crippen molar-refractivity contribution in [2.45, 2.75) is 37.8 Å². The van der Waals surface area contributed by atoms with Crippen LogP contribution in [0.2, 0.25) is 5.02 Å². The summed E-state index contributed by atoms with van der Waals surface area (Å²) < 4.78 is 1.22. The van der Waals surface area contributed by atoms with Crippen LogP contribution in [0.15, 0.2) is 11.0 Å². The third-order valence-electron chi connectivity index (χ3n) is 3.24. The minimum Gasteiger partial charge on any atom is -0.378 e. The largest absolute Gasteiger partial charge is 0.378 e. The van der Waals surface area contributed by atoms with Crippen molar-refractivity contribution in [2.24, 2.45) is 12.8 Å². The third kappa shape index (κ3) is 2.61. The molecule has 1 fully saturated rings. The number of anilines is 1. The SMILES string of the molecule is Cn1ncc(NC2CCCCC2N)c(Cl)c1=O. The lowest BCUT2D eigenvalue weighted by atomic mass is 9.91. The van der Waals surface area contributed by atoms with Gasteiger partial charge in [-0.1, -0.05) is 24.4 Å². The van der Waals surface area contributed by atoms with Crippen LogP contribution in [-0.4, -0.2) is 21.9 Å². The first-order chi connectivity index (χ1) is 8.09. The van der Waals surface area contributed by atoms with E-state index in [1.165, 1.54) is 11.1 Å². The fourth-order valence-corrected chi connectivity index (χ4v) is 2.38. The van der Waals surface area contributed by atoms with Gasteiger partial charge in [-0.05, 0) is 12.8 Å². The zero-order valence-corrected chi connectivity index (χ0v) is 10.6. The maximum absolute atomic E-state index is 11.6. The Labute approximate surface area is 105 Å². The van der Waals surface area contributed by atoms with E-state index in [0.29, 0.717) is 5.69 Å². The second kappa shape index (κ2) is 5.06. The third-order valence-corrected chi connectivity index (χ3v) is 3.60. The number of rotatable bonds is 2. The van der Waals surface area contributed by atoms with E-state index in [2.05, 4.69) is 10.4 Å². The molecule has 1 aromatic heterocycles. The van der Waals surface area contributed by atoms with Crippen molar-refractivity contribution in [2.75, 3.05) is 5.32 Å². The highest BCUT2D eigenvalue weighted by molar-refractivity contribution is 6.32. The Morgan fingerprint density at radius 3 is 2.94 bits per heavy atom. The van der Waals surface area contributed by atoms with Crippen molar-refractivity contribution >= 4 is 17.3 Å². The molecule has 1 aromatic rings. The Morgan fingerprint density at radius 1 is 1.53 bits per heavy atom. The fraction of sp³-hybridized carbons (Fsp3) is 0.636. The average molecular weight is 257 g/mol. The lowest BCUT2D eigenvalue weighted by Crippen LogP contribution is -2.43. The molecule has 3 N–H and O–H groups in total. The van der Waals surface area contributed by atoms with E-state index in [1.807, 2.05) is 0 Å². The van der Waals surface area contributed by atoms with E-state index >= 15 is 0 Å². The van der Waals surface area contributed by atoms with Crippen LogP contribution in [0.5, 0.6) is 0 Å². The van der Waals surface area contributed by atoms with Gasteiger partial charge in [-0.15, -0.1) is 0 Å². The van der Waals surface area contributed by atoms with Crippen LogP contribution in [0.3, 0.4) is 0 Å². The van der Waals surface area contributed by atoms with Crippen LogP contribution in [0.4, 0.5) is 5.69 Å². The van der Waals surface area contributed by atoms with Gasteiger partial charge in [0.05, 0.1) is 11.9 Å². The van der Waals surface area contributed by atoms with Gasteiger partial charge in [-0.2, -0.15) is 5.10 Å². The number of nitrogens with zero attached hydrogens (tertiary/aromatic N) is 2. The van der Waals surface area contributed by atoms with Gasteiger partial charge in [0.15, 0.2) is 0 Å². The minimum atomic E-state index is -0.291. The summed E-state index contributed by atoms with van der Waals surface area (Å²) in [6.45, 7) is 0. The molecule has 2 unspecified atom stereocenters. The molecule has 1 heterocycles. The molecule has 1 saturated carbocycles. The van der Waals surface area contributed by atoms with Crippen LogP contribution in [0.1, 0.15) is 25.7 Å². The Morgan fingerprint density at radius 2 is 2.24 bits per heavy atom. The molecule has 6 heteroatoms. The number of halogens is 1. The summed E-state index contributed by atoms with van der Waals surface area (Å²) in [6, 6.07) is 0.291. The molecule has 0 radical (unpaired) electrons. The van der Waals surface area contributed by atoms with Crippen LogP contribution in [0, 0.1) is 0 Å². The van der Waals surface area contributed by atoms with E-state index in [9.17, 15) is 4.79 Å². The summed E-state index contributed by atoms with van der Waals surface area (Å²) in [7, 11) is 1.57. The molecule has 5 nitrogen and oxygen atoms in total. The predicted octanol–water partition coefficient (Wildman–Crippen LogP) is 1.12. The van der Waals surface area contributed by atoms with Gasteiger partial charge in [0.25, 0.3) is 5.56 Å². The number of aryl methyl sites for hydroxylation is 1. The minimum absolute atomic E-state index is 0.115. The maximum atomic E-state index is 11.6. The number of aromatic nitrogens is 2. The van der Waals surface area contributed by atoms with Crippen molar-refractivity contribution in [3.8, 4) is 0 Å². The average Bonchev–Trinajstić information content (AvgIpc) is 2.32. The Bertz CT molecular complexity index is 459. The molecule has 0 bridgehead atoms. The van der Waals surface area contributed by atoms with Gasteiger partial charge < -0.3 is 11.1 Å². The topological polar surface area (TPSA) is 72.9 Å². The van der Waals surface area contributed by atoms with Gasteiger partial charge in [-0.25, -0.2) is 4.68 Å². The summed E-state index contributed by atoms with van der Waals surface area (Å²) in [5.74, 6) is 0.